The molecule has 1 aromatic heterocycles. The van der Waals surface area contributed by atoms with E-state index >= 15 is 0 Å². The van der Waals surface area contributed by atoms with Crippen LogP contribution < -0.4 is 0 Å². The molecule has 1 fully saturated rings. The topological polar surface area (TPSA) is 8.17 Å². The van der Waals surface area contributed by atoms with E-state index in [2.05, 4.69) is 41.6 Å². The second kappa shape index (κ2) is 6.49. The smallest absolute Gasteiger partial charge is 0.123 e. The molecule has 140 valence electrons. The summed E-state index contributed by atoms with van der Waals surface area (Å²) in [7, 11) is 2.22. The van der Waals surface area contributed by atoms with Gasteiger partial charge in [0, 0.05) is 48.1 Å². The second-order valence-corrected chi connectivity index (χ2v) is 8.46. The number of fused-ring (bicyclic) bond motifs is 3. The Kier molecular flexibility index (Phi) is 4.08. The van der Waals surface area contributed by atoms with Gasteiger partial charge in [-0.15, -0.1) is 0 Å². The Bertz CT molecular complexity index is 986. The van der Waals surface area contributed by atoms with E-state index in [4.69, 9.17) is 0 Å². The van der Waals surface area contributed by atoms with Gasteiger partial charge in [0.15, 0.2) is 0 Å². The van der Waals surface area contributed by atoms with E-state index in [0.29, 0.717) is 12.0 Å². The summed E-state index contributed by atoms with van der Waals surface area (Å²) in [5.74, 6) is 0.335. The molecule has 0 unspecified atom stereocenters. The predicted octanol–water partition coefficient (Wildman–Crippen LogP) is 5.59. The van der Waals surface area contributed by atoms with Gasteiger partial charge in [0.25, 0.3) is 0 Å². The fourth-order valence-electron chi connectivity index (χ4n) is 5.37. The third-order valence-corrected chi connectivity index (χ3v) is 6.64. The minimum Gasteiger partial charge on any atom is -0.341 e. The van der Waals surface area contributed by atoms with Gasteiger partial charge in [-0.25, -0.2) is 4.39 Å². The number of aryl methyl sites for hydroxylation is 1. The lowest BCUT2D eigenvalue weighted by Crippen LogP contribution is -2.28. The first-order valence-electron chi connectivity index (χ1n) is 10.2. The molecule has 3 aromatic rings. The highest BCUT2D eigenvalue weighted by atomic mass is 19.1. The summed E-state index contributed by atoms with van der Waals surface area (Å²) in [6.45, 7) is 4.35. The van der Waals surface area contributed by atoms with Crippen LogP contribution in [0, 0.1) is 12.7 Å². The number of halogens is 1. The molecule has 3 heteroatoms. The SMILES string of the molecule is Cc1ccc2c(c1)c1c(n2[C@H]2CCC[C@@H]2c2ccc(F)cc2)CCN(C)C1. The number of aromatic nitrogens is 1. The molecule has 2 aromatic carbocycles. The maximum absolute atomic E-state index is 13.4. The molecule has 2 heterocycles. The van der Waals surface area contributed by atoms with Gasteiger partial charge in [-0.05, 0) is 62.2 Å². The Hall–Kier alpha value is -2.13. The summed E-state index contributed by atoms with van der Waals surface area (Å²) >= 11 is 0. The quantitative estimate of drug-likeness (QED) is 0.577. The molecule has 2 nitrogen and oxygen atoms in total. The van der Waals surface area contributed by atoms with E-state index in [1.807, 2.05) is 12.1 Å². The number of hydrogen-bond donors (Lipinski definition) is 0. The molecular weight excluding hydrogens is 335 g/mol. The summed E-state index contributed by atoms with van der Waals surface area (Å²) in [4.78, 5) is 2.43. The highest BCUT2D eigenvalue weighted by Crippen LogP contribution is 2.46. The van der Waals surface area contributed by atoms with Gasteiger partial charge in [-0.1, -0.05) is 30.2 Å². The van der Waals surface area contributed by atoms with E-state index in [-0.39, 0.29) is 5.82 Å². The molecule has 1 saturated carbocycles. The van der Waals surface area contributed by atoms with Crippen molar-refractivity contribution >= 4 is 10.9 Å². The first-order chi connectivity index (χ1) is 13.1. The van der Waals surface area contributed by atoms with Crippen LogP contribution in [-0.4, -0.2) is 23.1 Å². The van der Waals surface area contributed by atoms with Crippen LogP contribution in [0.25, 0.3) is 10.9 Å². The van der Waals surface area contributed by atoms with Crippen LogP contribution in [0.1, 0.15) is 53.6 Å². The van der Waals surface area contributed by atoms with E-state index < -0.39 is 0 Å². The normalized spacial score (nSPS) is 23.1. The van der Waals surface area contributed by atoms with Gasteiger partial charge in [0.2, 0.25) is 0 Å². The van der Waals surface area contributed by atoms with Crippen LogP contribution in [0.15, 0.2) is 42.5 Å². The van der Waals surface area contributed by atoms with E-state index in [1.54, 1.807) is 12.1 Å². The van der Waals surface area contributed by atoms with Crippen LogP contribution in [0.2, 0.25) is 0 Å². The lowest BCUT2D eigenvalue weighted by molar-refractivity contribution is 0.305. The van der Waals surface area contributed by atoms with Crippen molar-refractivity contribution in [3.63, 3.8) is 0 Å². The van der Waals surface area contributed by atoms with Crippen LogP contribution in [0.4, 0.5) is 4.39 Å². The molecule has 2 atom stereocenters. The molecular formula is C24H27FN2. The third-order valence-electron chi connectivity index (χ3n) is 6.64. The Morgan fingerprint density at radius 2 is 1.85 bits per heavy atom. The summed E-state index contributed by atoms with van der Waals surface area (Å²) in [5.41, 5.74) is 7.06. The number of nitrogens with zero attached hydrogens (tertiary/aromatic N) is 2. The second-order valence-electron chi connectivity index (χ2n) is 8.46. The number of benzene rings is 2. The minimum atomic E-state index is -0.143. The van der Waals surface area contributed by atoms with Crippen LogP contribution in [0.5, 0.6) is 0 Å². The largest absolute Gasteiger partial charge is 0.341 e. The highest BCUT2D eigenvalue weighted by Gasteiger charge is 2.34. The molecule has 0 radical (unpaired) electrons. The van der Waals surface area contributed by atoms with Crippen molar-refractivity contribution in [2.24, 2.45) is 0 Å². The summed E-state index contributed by atoms with van der Waals surface area (Å²) in [5, 5.41) is 1.43. The molecule has 2 aliphatic rings. The number of likely N-dealkylation sites (N-methyl/N-ethyl adjacent to an activating group) is 1. The third kappa shape index (κ3) is 2.80. The molecule has 27 heavy (non-hydrogen) atoms. The molecule has 0 bridgehead atoms. The van der Waals surface area contributed by atoms with Crippen LogP contribution in [0.3, 0.4) is 0 Å². The molecule has 1 aliphatic carbocycles. The molecule has 0 amide bonds. The Balaban J connectivity index is 1.67. The van der Waals surface area contributed by atoms with Gasteiger partial charge >= 0.3 is 0 Å². The van der Waals surface area contributed by atoms with Gasteiger partial charge in [0.05, 0.1) is 0 Å². The van der Waals surface area contributed by atoms with E-state index in [9.17, 15) is 4.39 Å². The van der Waals surface area contributed by atoms with E-state index in [0.717, 1.165) is 19.5 Å². The zero-order valence-electron chi connectivity index (χ0n) is 16.2. The average Bonchev–Trinajstić information content (AvgIpc) is 3.24. The van der Waals surface area contributed by atoms with Crippen molar-refractivity contribution < 1.29 is 4.39 Å². The highest BCUT2D eigenvalue weighted by molar-refractivity contribution is 5.86. The van der Waals surface area contributed by atoms with Crippen molar-refractivity contribution in [3.05, 3.63) is 70.7 Å². The van der Waals surface area contributed by atoms with Crippen molar-refractivity contribution in [1.29, 1.82) is 0 Å². The first-order valence-corrected chi connectivity index (χ1v) is 10.2. The standard InChI is InChI=1S/C24H27FN2/c1-16-6-11-23-20(14-16)21-15-26(2)13-12-24(21)27(23)22-5-3-4-19(22)17-7-9-18(25)10-8-17/h6-11,14,19,22H,3-5,12-13,15H2,1-2H3/t19-,22+/m1/s1. The fraction of sp³-hybridized carbons (Fsp3) is 0.417. The lowest BCUT2D eigenvalue weighted by Gasteiger charge is -2.29. The Labute approximate surface area is 160 Å². The summed E-state index contributed by atoms with van der Waals surface area (Å²) < 4.78 is 16.1. The molecule has 1 aliphatic heterocycles. The zero-order valence-corrected chi connectivity index (χ0v) is 16.2. The minimum absolute atomic E-state index is 0.143. The average molecular weight is 362 g/mol. The van der Waals surface area contributed by atoms with Gasteiger partial charge in [0.1, 0.15) is 5.82 Å². The first kappa shape index (κ1) is 17.0. The van der Waals surface area contributed by atoms with Crippen LogP contribution in [-0.2, 0) is 13.0 Å². The Morgan fingerprint density at radius 1 is 1.04 bits per heavy atom. The van der Waals surface area contributed by atoms with Crippen LogP contribution >= 0.6 is 0 Å². The van der Waals surface area contributed by atoms with Crippen molar-refractivity contribution in [2.45, 2.75) is 51.1 Å². The van der Waals surface area contributed by atoms with Crippen molar-refractivity contribution in [1.82, 2.24) is 9.47 Å². The number of rotatable bonds is 2. The number of hydrogen-bond acceptors (Lipinski definition) is 1. The molecule has 5 rings (SSSR count). The molecule has 0 saturated heterocycles. The molecule has 0 spiro atoms. The van der Waals surface area contributed by atoms with Gasteiger partial charge < -0.3 is 9.47 Å². The van der Waals surface area contributed by atoms with Crippen molar-refractivity contribution in [2.75, 3.05) is 13.6 Å². The Morgan fingerprint density at radius 3 is 2.67 bits per heavy atom. The summed E-state index contributed by atoms with van der Waals surface area (Å²) in [6, 6.07) is 14.6. The van der Waals surface area contributed by atoms with Crippen molar-refractivity contribution in [3.8, 4) is 0 Å². The van der Waals surface area contributed by atoms with Gasteiger partial charge in [-0.2, -0.15) is 0 Å². The maximum atomic E-state index is 13.4. The predicted molar refractivity (Wildman–Crippen MR) is 109 cm³/mol. The monoisotopic (exact) mass is 362 g/mol. The lowest BCUT2D eigenvalue weighted by atomic mass is 9.93. The summed E-state index contributed by atoms with van der Waals surface area (Å²) in [6.07, 6.45) is 4.76. The van der Waals surface area contributed by atoms with E-state index in [1.165, 1.54) is 52.5 Å². The molecule has 0 N–H and O–H groups in total. The zero-order chi connectivity index (χ0) is 18.5. The fourth-order valence-corrected chi connectivity index (χ4v) is 5.37. The van der Waals surface area contributed by atoms with Gasteiger partial charge in [-0.3, -0.25) is 0 Å². The maximum Gasteiger partial charge on any atom is 0.123 e.